The van der Waals surface area contributed by atoms with Crippen molar-refractivity contribution in [3.8, 4) is 5.75 Å². The van der Waals surface area contributed by atoms with E-state index in [9.17, 15) is 10.1 Å². The van der Waals surface area contributed by atoms with E-state index < -0.39 is 4.92 Å². The van der Waals surface area contributed by atoms with Crippen molar-refractivity contribution in [1.82, 2.24) is 9.55 Å². The van der Waals surface area contributed by atoms with Crippen LogP contribution < -0.4 is 4.74 Å². The molecule has 7 heteroatoms. The Balaban J connectivity index is 2.40. The standard InChI is InChI=1S/C14H14N4O3/c1-3-9-15-14(21-11-7-5-4-6-8-11)13-16-10-12(17(13)2)18(19)20/h3-10H,1-2H3. The number of aliphatic imine (C=N–C) groups is 1. The molecular formula is C14H14N4O3. The van der Waals surface area contributed by atoms with Gasteiger partial charge in [0.25, 0.3) is 11.7 Å². The number of hydrogen-bond donors (Lipinski definition) is 0. The first-order valence-corrected chi connectivity index (χ1v) is 6.22. The summed E-state index contributed by atoms with van der Waals surface area (Å²) in [4.78, 5) is 18.5. The predicted molar refractivity (Wildman–Crippen MR) is 78.3 cm³/mol. The highest BCUT2D eigenvalue weighted by molar-refractivity contribution is 5.93. The van der Waals surface area contributed by atoms with E-state index in [1.165, 1.54) is 10.8 Å². The SMILES string of the molecule is CC=CN=C(Oc1ccccc1)c1ncc([N+](=O)[O-])n1C. The number of ether oxygens (including phenoxy) is 1. The summed E-state index contributed by atoms with van der Waals surface area (Å²) in [7, 11) is 1.54. The van der Waals surface area contributed by atoms with Crippen molar-refractivity contribution in [1.29, 1.82) is 0 Å². The quantitative estimate of drug-likeness (QED) is 0.374. The number of allylic oxidation sites excluding steroid dienone is 1. The van der Waals surface area contributed by atoms with Crippen LogP contribution in [-0.4, -0.2) is 20.4 Å². The third kappa shape index (κ3) is 3.33. The Kier molecular flexibility index (Phi) is 4.45. The molecule has 0 amide bonds. The monoisotopic (exact) mass is 286 g/mol. The third-order valence-corrected chi connectivity index (χ3v) is 2.64. The van der Waals surface area contributed by atoms with Gasteiger partial charge in [0.15, 0.2) is 0 Å². The summed E-state index contributed by atoms with van der Waals surface area (Å²) in [5.74, 6) is 0.916. The zero-order valence-electron chi connectivity index (χ0n) is 11.6. The van der Waals surface area contributed by atoms with Crippen molar-refractivity contribution in [2.45, 2.75) is 6.92 Å². The van der Waals surface area contributed by atoms with Gasteiger partial charge in [-0.2, -0.15) is 0 Å². The number of aromatic nitrogens is 2. The summed E-state index contributed by atoms with van der Waals surface area (Å²) >= 11 is 0. The molecule has 0 saturated carbocycles. The molecule has 1 heterocycles. The van der Waals surface area contributed by atoms with Crippen LogP contribution in [0.4, 0.5) is 5.82 Å². The van der Waals surface area contributed by atoms with Gasteiger partial charge in [-0.3, -0.25) is 0 Å². The summed E-state index contributed by atoms with van der Waals surface area (Å²) in [6.45, 7) is 1.81. The van der Waals surface area contributed by atoms with Crippen LogP contribution in [0, 0.1) is 10.1 Å². The van der Waals surface area contributed by atoms with Gasteiger partial charge in [-0.25, -0.2) is 14.5 Å². The largest absolute Gasteiger partial charge is 0.434 e. The van der Waals surface area contributed by atoms with Gasteiger partial charge in [-0.15, -0.1) is 0 Å². The van der Waals surface area contributed by atoms with E-state index in [-0.39, 0.29) is 17.5 Å². The summed E-state index contributed by atoms with van der Waals surface area (Å²) in [6.07, 6.45) is 4.44. The van der Waals surface area contributed by atoms with E-state index in [2.05, 4.69) is 9.98 Å². The molecule has 0 aliphatic heterocycles. The first kappa shape index (κ1) is 14.4. The second kappa shape index (κ2) is 6.47. The van der Waals surface area contributed by atoms with Crippen molar-refractivity contribution in [2.75, 3.05) is 0 Å². The first-order valence-electron chi connectivity index (χ1n) is 6.22. The number of imidazole rings is 1. The highest BCUT2D eigenvalue weighted by atomic mass is 16.6. The highest BCUT2D eigenvalue weighted by Gasteiger charge is 2.22. The summed E-state index contributed by atoms with van der Waals surface area (Å²) < 4.78 is 6.99. The minimum atomic E-state index is -0.508. The molecule has 0 atom stereocenters. The zero-order chi connectivity index (χ0) is 15.2. The van der Waals surface area contributed by atoms with Crippen LogP contribution in [0.2, 0.25) is 0 Å². The summed E-state index contributed by atoms with van der Waals surface area (Å²) in [5, 5.41) is 10.9. The molecule has 108 valence electrons. The molecular weight excluding hydrogens is 272 g/mol. The number of hydrogen-bond acceptors (Lipinski definition) is 5. The second-order valence-electron chi connectivity index (χ2n) is 4.09. The molecule has 0 fully saturated rings. The predicted octanol–water partition coefficient (Wildman–Crippen LogP) is 2.69. The lowest BCUT2D eigenvalue weighted by molar-refractivity contribution is -0.391. The van der Waals surface area contributed by atoms with E-state index in [4.69, 9.17) is 4.74 Å². The van der Waals surface area contributed by atoms with E-state index >= 15 is 0 Å². The zero-order valence-corrected chi connectivity index (χ0v) is 11.6. The molecule has 0 aliphatic carbocycles. The van der Waals surface area contributed by atoms with Gasteiger partial charge in [0.2, 0.25) is 0 Å². The molecule has 0 saturated heterocycles. The molecule has 0 spiro atoms. The van der Waals surface area contributed by atoms with Gasteiger partial charge in [0.05, 0.1) is 7.05 Å². The molecule has 0 N–H and O–H groups in total. The maximum Gasteiger partial charge on any atom is 0.343 e. The van der Waals surface area contributed by atoms with Crippen LogP contribution in [0.25, 0.3) is 0 Å². The van der Waals surface area contributed by atoms with Crippen LogP contribution in [0.3, 0.4) is 0 Å². The van der Waals surface area contributed by atoms with Crippen molar-refractivity contribution >= 4 is 11.7 Å². The lowest BCUT2D eigenvalue weighted by Crippen LogP contribution is -2.16. The van der Waals surface area contributed by atoms with Crippen LogP contribution in [0.5, 0.6) is 5.75 Å². The fourth-order valence-corrected chi connectivity index (χ4v) is 1.64. The highest BCUT2D eigenvalue weighted by Crippen LogP contribution is 2.16. The van der Waals surface area contributed by atoms with Crippen LogP contribution in [0.15, 0.2) is 53.8 Å². The van der Waals surface area contributed by atoms with Gasteiger partial charge in [-0.05, 0) is 24.0 Å². The van der Waals surface area contributed by atoms with Gasteiger partial charge in [0.1, 0.15) is 11.9 Å². The van der Waals surface area contributed by atoms with Gasteiger partial charge < -0.3 is 14.9 Å². The fraction of sp³-hybridized carbons (Fsp3) is 0.143. The summed E-state index contributed by atoms with van der Waals surface area (Å²) in [5.41, 5.74) is 0. The Hall–Kier alpha value is -2.96. The van der Waals surface area contributed by atoms with Gasteiger partial charge in [0, 0.05) is 6.20 Å². The fourth-order valence-electron chi connectivity index (χ4n) is 1.64. The Bertz CT molecular complexity index is 689. The third-order valence-electron chi connectivity index (χ3n) is 2.64. The molecule has 2 rings (SSSR count). The Morgan fingerprint density at radius 1 is 1.43 bits per heavy atom. The topological polar surface area (TPSA) is 82.6 Å². The Morgan fingerprint density at radius 2 is 2.14 bits per heavy atom. The molecule has 1 aromatic heterocycles. The lowest BCUT2D eigenvalue weighted by Gasteiger charge is -2.05. The van der Waals surface area contributed by atoms with Crippen LogP contribution in [0.1, 0.15) is 12.7 Å². The lowest BCUT2D eigenvalue weighted by atomic mass is 10.3. The molecule has 1 aromatic carbocycles. The Morgan fingerprint density at radius 3 is 2.71 bits per heavy atom. The van der Waals surface area contributed by atoms with Gasteiger partial charge >= 0.3 is 5.82 Å². The Labute approximate surface area is 121 Å². The molecule has 21 heavy (non-hydrogen) atoms. The number of nitrogens with zero attached hydrogens (tertiary/aromatic N) is 4. The number of nitro groups is 1. The minimum absolute atomic E-state index is 0.130. The smallest absolute Gasteiger partial charge is 0.343 e. The maximum absolute atomic E-state index is 10.9. The molecule has 2 aromatic rings. The first-order chi connectivity index (χ1) is 10.1. The second-order valence-corrected chi connectivity index (χ2v) is 4.09. The van der Waals surface area contributed by atoms with Gasteiger partial charge in [-0.1, -0.05) is 24.3 Å². The van der Waals surface area contributed by atoms with Crippen molar-refractivity contribution < 1.29 is 9.66 Å². The average molecular weight is 286 g/mol. The number of rotatable bonds is 4. The van der Waals surface area contributed by atoms with Crippen molar-refractivity contribution in [3.05, 3.63) is 64.7 Å². The average Bonchev–Trinajstić information content (AvgIpc) is 2.86. The van der Waals surface area contributed by atoms with Crippen LogP contribution in [-0.2, 0) is 7.05 Å². The molecule has 0 radical (unpaired) electrons. The van der Waals surface area contributed by atoms with E-state index in [1.54, 1.807) is 31.5 Å². The molecule has 0 bridgehead atoms. The normalized spacial score (nSPS) is 11.8. The molecule has 7 nitrogen and oxygen atoms in total. The van der Waals surface area contributed by atoms with Crippen LogP contribution >= 0.6 is 0 Å². The summed E-state index contributed by atoms with van der Waals surface area (Å²) in [6, 6.07) is 9.04. The van der Waals surface area contributed by atoms with E-state index in [1.807, 2.05) is 25.1 Å². The molecule has 0 aliphatic rings. The number of benzene rings is 1. The van der Waals surface area contributed by atoms with E-state index in [0.29, 0.717) is 5.75 Å². The van der Waals surface area contributed by atoms with Crippen molar-refractivity contribution in [3.63, 3.8) is 0 Å². The minimum Gasteiger partial charge on any atom is -0.434 e. The van der Waals surface area contributed by atoms with E-state index in [0.717, 1.165) is 0 Å². The number of para-hydroxylation sites is 1. The molecule has 0 unspecified atom stereocenters. The van der Waals surface area contributed by atoms with Crippen molar-refractivity contribution in [2.24, 2.45) is 12.0 Å². The maximum atomic E-state index is 10.9.